The van der Waals surface area contributed by atoms with Crippen LogP contribution in [0.1, 0.15) is 47.4 Å². The van der Waals surface area contributed by atoms with Crippen LogP contribution in [0.2, 0.25) is 0 Å². The smallest absolute Gasteiger partial charge is 0.340 e. The van der Waals surface area contributed by atoms with Crippen LogP contribution in [0, 0.1) is 11.6 Å². The van der Waals surface area contributed by atoms with Crippen molar-refractivity contribution in [2.75, 3.05) is 37.7 Å². The lowest BCUT2D eigenvalue weighted by atomic mass is 10.1. The van der Waals surface area contributed by atoms with Crippen LogP contribution in [-0.4, -0.2) is 57.3 Å². The average Bonchev–Trinajstić information content (AvgIpc) is 3.34. The summed E-state index contributed by atoms with van der Waals surface area (Å²) in [5.74, 6) is -3.86. The summed E-state index contributed by atoms with van der Waals surface area (Å²) >= 11 is 0. The van der Waals surface area contributed by atoms with E-state index in [4.69, 9.17) is 4.74 Å². The lowest BCUT2D eigenvalue weighted by Gasteiger charge is -2.23. The monoisotopic (exact) mass is 480 g/mol. The van der Waals surface area contributed by atoms with Crippen molar-refractivity contribution in [2.24, 2.45) is 0 Å². The second-order valence-corrected chi connectivity index (χ2v) is 9.53. The number of anilines is 1. The number of hydrogen-bond acceptors (Lipinski definition) is 6. The molecule has 33 heavy (non-hydrogen) atoms. The van der Waals surface area contributed by atoms with Gasteiger partial charge in [-0.2, -0.15) is 4.31 Å². The van der Waals surface area contributed by atoms with E-state index in [2.05, 4.69) is 0 Å². The molecule has 0 amide bonds. The molecule has 1 aliphatic rings. The molecule has 1 fully saturated rings. The Hall–Kier alpha value is -2.85. The largest absolute Gasteiger partial charge is 0.454 e. The highest BCUT2D eigenvalue weighted by Crippen LogP contribution is 2.29. The zero-order chi connectivity index (χ0) is 24.2. The quantitative estimate of drug-likeness (QED) is 0.403. The minimum atomic E-state index is -3.82. The van der Waals surface area contributed by atoms with Crippen molar-refractivity contribution in [3.8, 4) is 0 Å². The Morgan fingerprint density at radius 3 is 2.27 bits per heavy atom. The summed E-state index contributed by atoms with van der Waals surface area (Å²) in [6.07, 6.45) is 1.87. The van der Waals surface area contributed by atoms with Gasteiger partial charge in [-0.05, 0) is 49.2 Å². The van der Waals surface area contributed by atoms with Crippen molar-refractivity contribution in [1.29, 1.82) is 0 Å². The number of esters is 1. The SMILES string of the molecule is CCN(CC)S(=O)(=O)c1ccc(N2CCCC2)c(C(=O)OCC(=O)c2ccc(F)c(F)c2)c1. The summed E-state index contributed by atoms with van der Waals surface area (Å²) in [6, 6.07) is 6.96. The minimum absolute atomic E-state index is 0.0308. The van der Waals surface area contributed by atoms with Gasteiger partial charge in [0, 0.05) is 31.7 Å². The number of halogens is 2. The topological polar surface area (TPSA) is 84.0 Å². The van der Waals surface area contributed by atoms with Gasteiger partial charge in [-0.1, -0.05) is 13.8 Å². The highest BCUT2D eigenvalue weighted by atomic mass is 32.2. The molecule has 0 saturated carbocycles. The van der Waals surface area contributed by atoms with Gasteiger partial charge in [0.1, 0.15) is 0 Å². The van der Waals surface area contributed by atoms with E-state index in [0.29, 0.717) is 18.8 Å². The highest BCUT2D eigenvalue weighted by Gasteiger charge is 2.27. The van der Waals surface area contributed by atoms with Gasteiger partial charge < -0.3 is 9.64 Å². The number of nitrogens with zero attached hydrogens (tertiary/aromatic N) is 2. The number of ether oxygens (including phenoxy) is 1. The van der Waals surface area contributed by atoms with Crippen molar-refractivity contribution in [2.45, 2.75) is 31.6 Å². The van der Waals surface area contributed by atoms with E-state index in [9.17, 15) is 26.8 Å². The second-order valence-electron chi connectivity index (χ2n) is 7.59. The molecular formula is C23H26F2N2O5S. The molecule has 1 heterocycles. The molecule has 0 N–H and O–H groups in total. The first-order chi connectivity index (χ1) is 15.7. The number of sulfonamides is 1. The maximum absolute atomic E-state index is 13.4. The molecule has 1 saturated heterocycles. The fourth-order valence-corrected chi connectivity index (χ4v) is 5.23. The zero-order valence-corrected chi connectivity index (χ0v) is 19.3. The van der Waals surface area contributed by atoms with Gasteiger partial charge in [-0.3, -0.25) is 4.79 Å². The minimum Gasteiger partial charge on any atom is -0.454 e. The Bertz CT molecular complexity index is 1140. The van der Waals surface area contributed by atoms with E-state index < -0.39 is 40.0 Å². The summed E-state index contributed by atoms with van der Waals surface area (Å²) in [6.45, 7) is 4.70. The average molecular weight is 481 g/mol. The summed E-state index contributed by atoms with van der Waals surface area (Å²) in [4.78, 5) is 27.1. The predicted molar refractivity (Wildman–Crippen MR) is 119 cm³/mol. The van der Waals surface area contributed by atoms with Crippen LogP contribution < -0.4 is 4.90 Å². The van der Waals surface area contributed by atoms with Crippen molar-refractivity contribution < 1.29 is 31.5 Å². The van der Waals surface area contributed by atoms with E-state index in [0.717, 1.165) is 31.0 Å². The van der Waals surface area contributed by atoms with E-state index in [-0.39, 0.29) is 29.1 Å². The van der Waals surface area contributed by atoms with Crippen LogP contribution in [0.3, 0.4) is 0 Å². The van der Waals surface area contributed by atoms with Gasteiger partial charge in [0.05, 0.1) is 16.1 Å². The molecule has 1 aliphatic heterocycles. The fraction of sp³-hybridized carbons (Fsp3) is 0.391. The fourth-order valence-electron chi connectivity index (χ4n) is 3.75. The summed E-state index contributed by atoms with van der Waals surface area (Å²) in [5.41, 5.74) is 0.416. The van der Waals surface area contributed by atoms with Gasteiger partial charge in [0.2, 0.25) is 10.0 Å². The van der Waals surface area contributed by atoms with Gasteiger partial charge in [0.25, 0.3) is 0 Å². The molecule has 0 bridgehead atoms. The molecule has 178 valence electrons. The number of carbonyl (C=O) groups is 2. The maximum atomic E-state index is 13.4. The molecule has 10 heteroatoms. The number of ketones is 1. The van der Waals surface area contributed by atoms with E-state index in [1.54, 1.807) is 19.9 Å². The van der Waals surface area contributed by atoms with Gasteiger partial charge in [-0.15, -0.1) is 0 Å². The molecule has 0 radical (unpaired) electrons. The first kappa shape index (κ1) is 24.8. The molecule has 0 aliphatic carbocycles. The number of Topliss-reactive ketones (excluding diaryl/α,β-unsaturated/α-hetero) is 1. The Balaban J connectivity index is 1.88. The van der Waals surface area contributed by atoms with Crippen molar-refractivity contribution in [1.82, 2.24) is 4.31 Å². The van der Waals surface area contributed by atoms with Crippen molar-refractivity contribution in [3.05, 3.63) is 59.2 Å². The lowest BCUT2D eigenvalue weighted by Crippen LogP contribution is -2.31. The third-order valence-corrected chi connectivity index (χ3v) is 7.60. The van der Waals surface area contributed by atoms with Crippen molar-refractivity contribution >= 4 is 27.5 Å². The number of hydrogen-bond donors (Lipinski definition) is 0. The molecule has 2 aromatic carbocycles. The molecule has 7 nitrogen and oxygen atoms in total. The molecule has 0 aromatic heterocycles. The van der Waals surface area contributed by atoms with E-state index >= 15 is 0 Å². The predicted octanol–water partition coefficient (Wildman–Crippen LogP) is 3.64. The summed E-state index contributed by atoms with van der Waals surface area (Å²) in [7, 11) is -3.82. The lowest BCUT2D eigenvalue weighted by molar-refractivity contribution is 0.0475. The van der Waals surface area contributed by atoms with Crippen LogP contribution in [0.5, 0.6) is 0 Å². The second kappa shape index (κ2) is 10.4. The standard InChI is InChI=1S/C23H26F2N2O5S/c1-3-27(4-2)33(30,31)17-8-10-21(26-11-5-6-12-26)18(14-17)23(29)32-15-22(28)16-7-9-19(24)20(25)13-16/h7-10,13-14H,3-6,11-12,15H2,1-2H3. The van der Waals surface area contributed by atoms with Crippen LogP contribution in [-0.2, 0) is 14.8 Å². The number of rotatable bonds is 9. The van der Waals surface area contributed by atoms with E-state index in [1.807, 2.05) is 4.90 Å². The van der Waals surface area contributed by atoms with Gasteiger partial charge in [0.15, 0.2) is 24.0 Å². The Morgan fingerprint density at radius 2 is 1.67 bits per heavy atom. The molecule has 0 unspecified atom stereocenters. The summed E-state index contributed by atoms with van der Waals surface area (Å²) < 4.78 is 58.8. The van der Waals surface area contributed by atoms with Gasteiger partial charge in [-0.25, -0.2) is 22.0 Å². The van der Waals surface area contributed by atoms with Crippen LogP contribution in [0.15, 0.2) is 41.3 Å². The normalized spacial score (nSPS) is 14.0. The van der Waals surface area contributed by atoms with E-state index in [1.165, 1.54) is 16.4 Å². The van der Waals surface area contributed by atoms with Crippen LogP contribution >= 0.6 is 0 Å². The number of carbonyl (C=O) groups excluding carboxylic acids is 2. The zero-order valence-electron chi connectivity index (χ0n) is 18.5. The molecule has 0 atom stereocenters. The van der Waals surface area contributed by atoms with Crippen molar-refractivity contribution in [3.63, 3.8) is 0 Å². The van der Waals surface area contributed by atoms with Crippen LogP contribution in [0.25, 0.3) is 0 Å². The highest BCUT2D eigenvalue weighted by molar-refractivity contribution is 7.89. The maximum Gasteiger partial charge on any atom is 0.340 e. The molecular weight excluding hydrogens is 454 g/mol. The first-order valence-corrected chi connectivity index (χ1v) is 12.2. The Labute approximate surface area is 192 Å². The Morgan fingerprint density at radius 1 is 1.00 bits per heavy atom. The Kier molecular flexibility index (Phi) is 7.80. The van der Waals surface area contributed by atoms with Gasteiger partial charge >= 0.3 is 5.97 Å². The summed E-state index contributed by atoms with van der Waals surface area (Å²) in [5, 5.41) is 0. The van der Waals surface area contributed by atoms with Crippen LogP contribution in [0.4, 0.5) is 14.5 Å². The third-order valence-electron chi connectivity index (χ3n) is 5.55. The first-order valence-electron chi connectivity index (χ1n) is 10.7. The molecule has 3 rings (SSSR count). The molecule has 2 aromatic rings. The number of benzene rings is 2. The molecule has 0 spiro atoms. The third kappa shape index (κ3) is 5.39.